The molecule has 0 aliphatic heterocycles. The molecule has 1 aromatic heterocycles. The van der Waals surface area contributed by atoms with Crippen LogP contribution in [0, 0.1) is 5.82 Å². The Hall–Kier alpha value is -1.39. The van der Waals surface area contributed by atoms with Crippen molar-refractivity contribution in [2.45, 2.75) is 0 Å². The number of hydrogen-bond acceptors (Lipinski definition) is 3. The third-order valence-corrected chi connectivity index (χ3v) is 2.34. The molecule has 0 aliphatic carbocycles. The Morgan fingerprint density at radius 3 is 2.69 bits per heavy atom. The van der Waals surface area contributed by atoms with Crippen LogP contribution in [0.1, 0.15) is 0 Å². The number of nitrogens with one attached hydrogen (secondary N) is 1. The molecule has 6 heteroatoms. The average Bonchev–Trinajstić information content (AvgIpc) is 2.24. The fraction of sp³-hybridized carbons (Fsp3) is 0. The number of aromatic nitrogens is 2. The second kappa shape index (κ2) is 4.63. The standard InChI is InChI=1S/C10H6Cl2FN3/c11-6-2-1-3-7(13)9(6)15-8-4-5-14-10(12)16-8/h1-5H,(H,14,15,16). The van der Waals surface area contributed by atoms with Crippen molar-refractivity contribution < 1.29 is 4.39 Å². The molecule has 1 heterocycles. The van der Waals surface area contributed by atoms with Crippen molar-refractivity contribution in [3.8, 4) is 0 Å². The quantitative estimate of drug-likeness (QED) is 0.835. The van der Waals surface area contributed by atoms with Gasteiger partial charge in [0.25, 0.3) is 0 Å². The lowest BCUT2D eigenvalue weighted by atomic mass is 10.3. The van der Waals surface area contributed by atoms with Crippen LogP contribution in [0.2, 0.25) is 10.3 Å². The Labute approximate surface area is 101 Å². The zero-order chi connectivity index (χ0) is 11.5. The number of hydrogen-bond donors (Lipinski definition) is 1. The molecule has 1 N–H and O–H groups in total. The highest BCUT2D eigenvalue weighted by Crippen LogP contribution is 2.27. The van der Waals surface area contributed by atoms with E-state index in [2.05, 4.69) is 15.3 Å². The molecule has 1 aromatic carbocycles. The fourth-order valence-electron chi connectivity index (χ4n) is 1.15. The summed E-state index contributed by atoms with van der Waals surface area (Å²) >= 11 is 11.4. The molecule has 0 aliphatic rings. The third-order valence-electron chi connectivity index (χ3n) is 1.84. The summed E-state index contributed by atoms with van der Waals surface area (Å²) in [7, 11) is 0. The van der Waals surface area contributed by atoms with Gasteiger partial charge in [0.15, 0.2) is 0 Å². The van der Waals surface area contributed by atoms with Crippen LogP contribution in [0.5, 0.6) is 0 Å². The van der Waals surface area contributed by atoms with Crippen molar-refractivity contribution in [3.05, 3.63) is 46.6 Å². The lowest BCUT2D eigenvalue weighted by molar-refractivity contribution is 0.632. The maximum atomic E-state index is 13.4. The molecule has 0 saturated heterocycles. The van der Waals surface area contributed by atoms with Gasteiger partial charge in [0.1, 0.15) is 11.6 Å². The largest absolute Gasteiger partial charge is 0.336 e. The maximum absolute atomic E-state index is 13.4. The van der Waals surface area contributed by atoms with E-state index in [9.17, 15) is 4.39 Å². The van der Waals surface area contributed by atoms with Crippen LogP contribution in [-0.4, -0.2) is 9.97 Å². The van der Waals surface area contributed by atoms with Crippen molar-refractivity contribution in [2.24, 2.45) is 0 Å². The highest BCUT2D eigenvalue weighted by atomic mass is 35.5. The van der Waals surface area contributed by atoms with E-state index in [1.165, 1.54) is 18.3 Å². The number of halogens is 3. The topological polar surface area (TPSA) is 37.8 Å². The van der Waals surface area contributed by atoms with Crippen LogP contribution in [0.4, 0.5) is 15.9 Å². The van der Waals surface area contributed by atoms with Crippen LogP contribution in [0.15, 0.2) is 30.5 Å². The maximum Gasteiger partial charge on any atom is 0.224 e. The summed E-state index contributed by atoms with van der Waals surface area (Å²) < 4.78 is 13.4. The van der Waals surface area contributed by atoms with E-state index in [-0.39, 0.29) is 16.0 Å². The molecular formula is C10H6Cl2FN3. The van der Waals surface area contributed by atoms with Crippen LogP contribution < -0.4 is 5.32 Å². The summed E-state index contributed by atoms with van der Waals surface area (Å²) in [6.07, 6.45) is 1.46. The van der Waals surface area contributed by atoms with Crippen molar-refractivity contribution in [3.63, 3.8) is 0 Å². The van der Waals surface area contributed by atoms with Crippen LogP contribution in [-0.2, 0) is 0 Å². The van der Waals surface area contributed by atoms with Gasteiger partial charge in [-0.3, -0.25) is 0 Å². The van der Waals surface area contributed by atoms with E-state index in [0.717, 1.165) is 0 Å². The minimum atomic E-state index is -0.456. The smallest absolute Gasteiger partial charge is 0.224 e. The summed E-state index contributed by atoms with van der Waals surface area (Å²) in [4.78, 5) is 7.58. The Morgan fingerprint density at radius 1 is 1.19 bits per heavy atom. The zero-order valence-corrected chi connectivity index (χ0v) is 9.43. The number of rotatable bonds is 2. The van der Waals surface area contributed by atoms with Gasteiger partial charge in [-0.15, -0.1) is 0 Å². The van der Waals surface area contributed by atoms with Crippen LogP contribution >= 0.6 is 23.2 Å². The predicted octanol–water partition coefficient (Wildman–Crippen LogP) is 3.67. The van der Waals surface area contributed by atoms with Crippen molar-refractivity contribution in [1.82, 2.24) is 9.97 Å². The molecule has 3 nitrogen and oxygen atoms in total. The molecule has 16 heavy (non-hydrogen) atoms. The summed E-state index contributed by atoms with van der Waals surface area (Å²) in [6.45, 7) is 0. The lowest BCUT2D eigenvalue weighted by Crippen LogP contribution is -1.97. The van der Waals surface area contributed by atoms with Gasteiger partial charge in [-0.25, -0.2) is 14.4 Å². The van der Waals surface area contributed by atoms with Gasteiger partial charge in [0, 0.05) is 6.20 Å². The van der Waals surface area contributed by atoms with E-state index in [4.69, 9.17) is 23.2 Å². The number of nitrogens with zero attached hydrogens (tertiary/aromatic N) is 2. The number of anilines is 2. The zero-order valence-electron chi connectivity index (χ0n) is 7.92. The van der Waals surface area contributed by atoms with Crippen LogP contribution in [0.3, 0.4) is 0 Å². The first-order chi connectivity index (χ1) is 7.66. The van der Waals surface area contributed by atoms with Crippen molar-refractivity contribution in [2.75, 3.05) is 5.32 Å². The van der Waals surface area contributed by atoms with Gasteiger partial charge < -0.3 is 5.32 Å². The Kier molecular flexibility index (Phi) is 3.22. The minimum Gasteiger partial charge on any atom is -0.336 e. The molecule has 0 fully saturated rings. The average molecular weight is 258 g/mol. The molecule has 0 amide bonds. The Bertz CT molecular complexity index is 499. The molecule has 2 rings (SSSR count). The minimum absolute atomic E-state index is 0.0810. The Balaban J connectivity index is 2.34. The second-order valence-corrected chi connectivity index (χ2v) is 3.68. The van der Waals surface area contributed by atoms with Crippen molar-refractivity contribution >= 4 is 34.7 Å². The first-order valence-corrected chi connectivity index (χ1v) is 5.12. The molecule has 0 bridgehead atoms. The van der Waals surface area contributed by atoms with Crippen molar-refractivity contribution in [1.29, 1.82) is 0 Å². The molecular weight excluding hydrogens is 252 g/mol. The van der Waals surface area contributed by atoms with Crippen LogP contribution in [0.25, 0.3) is 0 Å². The monoisotopic (exact) mass is 257 g/mol. The molecule has 0 saturated carbocycles. The molecule has 0 radical (unpaired) electrons. The second-order valence-electron chi connectivity index (χ2n) is 2.93. The van der Waals surface area contributed by atoms with Gasteiger partial charge in [-0.2, -0.15) is 0 Å². The predicted molar refractivity (Wildman–Crippen MR) is 61.7 cm³/mol. The van der Waals surface area contributed by atoms with E-state index >= 15 is 0 Å². The number of para-hydroxylation sites is 1. The summed E-state index contributed by atoms with van der Waals surface area (Å²) in [6, 6.07) is 5.97. The van der Waals surface area contributed by atoms with Gasteiger partial charge in [-0.05, 0) is 29.8 Å². The van der Waals surface area contributed by atoms with Gasteiger partial charge in [0.2, 0.25) is 5.28 Å². The number of benzene rings is 1. The first-order valence-electron chi connectivity index (χ1n) is 4.36. The molecule has 0 unspecified atom stereocenters. The summed E-state index contributed by atoms with van der Waals surface area (Å²) in [5, 5.41) is 3.09. The van der Waals surface area contributed by atoms with E-state index < -0.39 is 5.82 Å². The molecule has 2 aromatic rings. The molecule has 0 spiro atoms. The highest BCUT2D eigenvalue weighted by Gasteiger charge is 2.07. The normalized spacial score (nSPS) is 10.2. The van der Waals surface area contributed by atoms with Gasteiger partial charge in [-0.1, -0.05) is 17.7 Å². The molecule has 82 valence electrons. The molecule has 0 atom stereocenters. The first kappa shape index (κ1) is 11.1. The van der Waals surface area contributed by atoms with Gasteiger partial charge in [0.05, 0.1) is 10.7 Å². The third kappa shape index (κ3) is 2.40. The van der Waals surface area contributed by atoms with Gasteiger partial charge >= 0.3 is 0 Å². The Morgan fingerprint density at radius 2 is 2.00 bits per heavy atom. The van der Waals surface area contributed by atoms with E-state index in [1.807, 2.05) is 0 Å². The van der Waals surface area contributed by atoms with E-state index in [1.54, 1.807) is 12.1 Å². The lowest BCUT2D eigenvalue weighted by Gasteiger charge is -2.08. The highest BCUT2D eigenvalue weighted by molar-refractivity contribution is 6.33. The summed E-state index contributed by atoms with van der Waals surface area (Å²) in [5.74, 6) is -0.0748. The van der Waals surface area contributed by atoms with E-state index in [0.29, 0.717) is 5.82 Å². The summed E-state index contributed by atoms with van der Waals surface area (Å²) in [5.41, 5.74) is 0.166. The fourth-order valence-corrected chi connectivity index (χ4v) is 1.51. The SMILES string of the molecule is Fc1cccc(Cl)c1Nc1ccnc(Cl)n1.